The molecule has 0 saturated heterocycles. The summed E-state index contributed by atoms with van der Waals surface area (Å²) in [5.41, 5.74) is 8.07. The number of amides is 1. The predicted octanol–water partition coefficient (Wildman–Crippen LogP) is 2.92. The van der Waals surface area contributed by atoms with Crippen molar-refractivity contribution in [2.24, 2.45) is 0 Å². The zero-order valence-corrected chi connectivity index (χ0v) is 15.4. The lowest BCUT2D eigenvalue weighted by Gasteiger charge is -2.21. The molecule has 2 aromatic rings. The van der Waals surface area contributed by atoms with Gasteiger partial charge >= 0.3 is 0 Å². The summed E-state index contributed by atoms with van der Waals surface area (Å²) in [6, 6.07) is 11.9. The van der Waals surface area contributed by atoms with Crippen molar-refractivity contribution >= 4 is 27.3 Å². The summed E-state index contributed by atoms with van der Waals surface area (Å²) >= 11 is 0. The molecule has 0 aliphatic carbocycles. The Kier molecular flexibility index (Phi) is 5.81. The zero-order chi connectivity index (χ0) is 18.6. The first-order valence-electron chi connectivity index (χ1n) is 8.07. The van der Waals surface area contributed by atoms with Gasteiger partial charge in [0, 0.05) is 37.0 Å². The largest absolute Gasteiger partial charge is 0.399 e. The van der Waals surface area contributed by atoms with Crippen LogP contribution >= 0.6 is 0 Å². The molecule has 0 heterocycles. The van der Waals surface area contributed by atoms with Gasteiger partial charge in [0.1, 0.15) is 0 Å². The Morgan fingerprint density at radius 3 is 2.40 bits per heavy atom. The number of anilines is 2. The average Bonchev–Trinajstić information content (AvgIpc) is 2.55. The number of carbonyl (C=O) groups is 1. The molecule has 2 rings (SSSR count). The number of rotatable bonds is 6. The van der Waals surface area contributed by atoms with E-state index < -0.39 is 10.0 Å². The van der Waals surface area contributed by atoms with Gasteiger partial charge in [-0.3, -0.25) is 4.79 Å². The van der Waals surface area contributed by atoms with Gasteiger partial charge < -0.3 is 11.1 Å². The molecular formula is C18H23N3O3S. The van der Waals surface area contributed by atoms with Crippen LogP contribution < -0.4 is 11.1 Å². The molecule has 134 valence electrons. The lowest BCUT2D eigenvalue weighted by atomic mass is 10.0. The number of hydrogen-bond donors (Lipinski definition) is 2. The second kappa shape index (κ2) is 7.67. The highest BCUT2D eigenvalue weighted by molar-refractivity contribution is 7.89. The normalized spacial score (nSPS) is 11.5. The summed E-state index contributed by atoms with van der Waals surface area (Å²) in [5, 5.41) is 2.71. The maximum absolute atomic E-state index is 13.0. The third-order valence-corrected chi connectivity index (χ3v) is 5.91. The molecule has 7 heteroatoms. The van der Waals surface area contributed by atoms with E-state index in [1.54, 1.807) is 50.2 Å². The van der Waals surface area contributed by atoms with Crippen molar-refractivity contribution in [2.45, 2.75) is 25.7 Å². The van der Waals surface area contributed by atoms with E-state index in [-0.39, 0.29) is 10.8 Å². The minimum absolute atomic E-state index is 0.163. The van der Waals surface area contributed by atoms with Crippen molar-refractivity contribution in [2.75, 3.05) is 24.1 Å². The fourth-order valence-corrected chi connectivity index (χ4v) is 4.37. The van der Waals surface area contributed by atoms with Crippen LogP contribution in [0.2, 0.25) is 0 Å². The molecule has 0 radical (unpaired) electrons. The summed E-state index contributed by atoms with van der Waals surface area (Å²) in [6.07, 6.45) is 0. The highest BCUT2D eigenvalue weighted by Crippen LogP contribution is 2.32. The van der Waals surface area contributed by atoms with Crippen LogP contribution in [0.1, 0.15) is 20.8 Å². The zero-order valence-electron chi connectivity index (χ0n) is 14.6. The molecule has 0 fully saturated rings. The van der Waals surface area contributed by atoms with Crippen molar-refractivity contribution < 1.29 is 13.2 Å². The third kappa shape index (κ3) is 4.18. The predicted molar refractivity (Wildman–Crippen MR) is 101 cm³/mol. The molecule has 0 atom stereocenters. The highest BCUT2D eigenvalue weighted by atomic mass is 32.2. The first-order chi connectivity index (χ1) is 11.8. The average molecular weight is 361 g/mol. The number of benzene rings is 2. The Bertz CT molecular complexity index is 875. The first-order valence-corrected chi connectivity index (χ1v) is 9.51. The lowest BCUT2D eigenvalue weighted by Crippen LogP contribution is -2.31. The van der Waals surface area contributed by atoms with Gasteiger partial charge in [0.15, 0.2) is 0 Å². The van der Waals surface area contributed by atoms with E-state index in [2.05, 4.69) is 5.32 Å². The maximum Gasteiger partial charge on any atom is 0.243 e. The number of carbonyl (C=O) groups excluding carboxylic acids is 1. The summed E-state index contributed by atoms with van der Waals surface area (Å²) in [6.45, 7) is 5.76. The molecule has 0 unspecified atom stereocenters. The number of hydrogen-bond acceptors (Lipinski definition) is 4. The van der Waals surface area contributed by atoms with Crippen molar-refractivity contribution in [3.05, 3.63) is 42.5 Å². The molecule has 0 spiro atoms. The SMILES string of the molecule is CCN(CC)S(=O)(=O)c1cc(N)ccc1-c1cccc(NC(C)=O)c1. The summed E-state index contributed by atoms with van der Waals surface area (Å²) in [5.74, 6) is -0.189. The quantitative estimate of drug-likeness (QED) is 0.774. The summed E-state index contributed by atoms with van der Waals surface area (Å²) < 4.78 is 27.4. The van der Waals surface area contributed by atoms with Crippen LogP contribution in [-0.2, 0) is 14.8 Å². The Morgan fingerprint density at radius 2 is 1.80 bits per heavy atom. The van der Waals surface area contributed by atoms with E-state index in [0.717, 1.165) is 0 Å². The van der Waals surface area contributed by atoms with Crippen LogP contribution in [0.3, 0.4) is 0 Å². The lowest BCUT2D eigenvalue weighted by molar-refractivity contribution is -0.114. The Hall–Kier alpha value is -2.38. The molecule has 2 aromatic carbocycles. The van der Waals surface area contributed by atoms with E-state index in [1.165, 1.54) is 17.3 Å². The molecule has 0 saturated carbocycles. The van der Waals surface area contributed by atoms with Crippen molar-refractivity contribution in [1.29, 1.82) is 0 Å². The van der Waals surface area contributed by atoms with Gasteiger partial charge in [-0.15, -0.1) is 0 Å². The van der Waals surface area contributed by atoms with E-state index in [0.29, 0.717) is 35.6 Å². The Balaban J connectivity index is 2.62. The smallest absolute Gasteiger partial charge is 0.243 e. The van der Waals surface area contributed by atoms with Gasteiger partial charge in [0.05, 0.1) is 4.90 Å². The van der Waals surface area contributed by atoms with Crippen LogP contribution in [0.25, 0.3) is 11.1 Å². The Morgan fingerprint density at radius 1 is 1.12 bits per heavy atom. The number of nitrogen functional groups attached to an aromatic ring is 1. The molecule has 25 heavy (non-hydrogen) atoms. The standard InChI is InChI=1S/C18H23N3O3S/c1-4-21(5-2)25(23,24)18-12-15(19)9-10-17(18)14-7-6-8-16(11-14)20-13(3)22/h6-12H,4-5,19H2,1-3H3,(H,20,22). The molecule has 0 aliphatic rings. The molecule has 3 N–H and O–H groups in total. The molecular weight excluding hydrogens is 338 g/mol. The number of nitrogens with one attached hydrogen (secondary N) is 1. The van der Waals surface area contributed by atoms with Crippen LogP contribution in [0, 0.1) is 0 Å². The summed E-state index contributed by atoms with van der Waals surface area (Å²) in [7, 11) is -3.67. The molecule has 0 bridgehead atoms. The van der Waals surface area contributed by atoms with Crippen molar-refractivity contribution in [1.82, 2.24) is 4.31 Å². The summed E-state index contributed by atoms with van der Waals surface area (Å²) in [4.78, 5) is 11.4. The van der Waals surface area contributed by atoms with Gasteiger partial charge in [-0.2, -0.15) is 4.31 Å². The van der Waals surface area contributed by atoms with E-state index in [1.807, 2.05) is 0 Å². The van der Waals surface area contributed by atoms with Crippen LogP contribution in [0.4, 0.5) is 11.4 Å². The number of sulfonamides is 1. The monoisotopic (exact) mass is 361 g/mol. The van der Waals surface area contributed by atoms with Crippen LogP contribution in [-0.4, -0.2) is 31.7 Å². The molecule has 6 nitrogen and oxygen atoms in total. The fourth-order valence-electron chi connectivity index (χ4n) is 2.66. The van der Waals surface area contributed by atoms with Crippen molar-refractivity contribution in [3.8, 4) is 11.1 Å². The van der Waals surface area contributed by atoms with Crippen molar-refractivity contribution in [3.63, 3.8) is 0 Å². The highest BCUT2D eigenvalue weighted by Gasteiger charge is 2.25. The second-order valence-electron chi connectivity index (χ2n) is 5.61. The minimum atomic E-state index is -3.67. The van der Waals surface area contributed by atoms with Gasteiger partial charge in [-0.1, -0.05) is 32.0 Å². The van der Waals surface area contributed by atoms with Crippen LogP contribution in [0.15, 0.2) is 47.4 Å². The van der Waals surface area contributed by atoms with Crippen LogP contribution in [0.5, 0.6) is 0 Å². The molecule has 0 aliphatic heterocycles. The Labute approximate surface area is 148 Å². The second-order valence-corrected chi connectivity index (χ2v) is 7.51. The van der Waals surface area contributed by atoms with Gasteiger partial charge in [0.2, 0.25) is 15.9 Å². The third-order valence-electron chi connectivity index (χ3n) is 3.82. The van der Waals surface area contributed by atoms with E-state index in [4.69, 9.17) is 5.73 Å². The number of nitrogens with zero attached hydrogens (tertiary/aromatic N) is 1. The van der Waals surface area contributed by atoms with E-state index >= 15 is 0 Å². The van der Waals surface area contributed by atoms with E-state index in [9.17, 15) is 13.2 Å². The molecule has 1 amide bonds. The topological polar surface area (TPSA) is 92.5 Å². The first kappa shape index (κ1) is 19.0. The molecule has 0 aromatic heterocycles. The minimum Gasteiger partial charge on any atom is -0.399 e. The fraction of sp³-hybridized carbons (Fsp3) is 0.278. The maximum atomic E-state index is 13.0. The van der Waals surface area contributed by atoms with Gasteiger partial charge in [-0.25, -0.2) is 8.42 Å². The van der Waals surface area contributed by atoms with Gasteiger partial charge in [0.25, 0.3) is 0 Å². The number of nitrogens with two attached hydrogens (primary N) is 1. The van der Waals surface area contributed by atoms with Gasteiger partial charge in [-0.05, 0) is 29.8 Å².